The van der Waals surface area contributed by atoms with Gasteiger partial charge in [0.25, 0.3) is 0 Å². The molecule has 0 N–H and O–H groups in total. The Morgan fingerprint density at radius 2 is 1.90 bits per heavy atom. The molecule has 2 aromatic carbocycles. The summed E-state index contributed by atoms with van der Waals surface area (Å²) >= 11 is 0. The smallest absolute Gasteiger partial charge is 0.127 e. The molecule has 0 aromatic heterocycles. The molecule has 0 fully saturated rings. The fraction of sp³-hybridized carbons (Fsp3) is 0.368. The van der Waals surface area contributed by atoms with E-state index < -0.39 is 0 Å². The molecular weight excluding hydrogens is 258 g/mol. The molecule has 21 heavy (non-hydrogen) atoms. The molecule has 0 aliphatic heterocycles. The molecule has 2 nitrogen and oxygen atoms in total. The van der Waals surface area contributed by atoms with Crippen LogP contribution in [0.3, 0.4) is 0 Å². The summed E-state index contributed by atoms with van der Waals surface area (Å²) in [4.78, 5) is 2.17. The van der Waals surface area contributed by atoms with E-state index in [1.165, 1.54) is 16.7 Å². The van der Waals surface area contributed by atoms with Crippen LogP contribution in [0.15, 0.2) is 48.5 Å². The average Bonchev–Trinajstić information content (AvgIpc) is 2.75. The van der Waals surface area contributed by atoms with Crippen LogP contribution in [-0.4, -0.2) is 19.0 Å². The molecule has 0 spiro atoms. The Morgan fingerprint density at radius 1 is 1.10 bits per heavy atom. The molecule has 2 aromatic rings. The van der Waals surface area contributed by atoms with Gasteiger partial charge in [-0.2, -0.15) is 0 Å². The minimum Gasteiger partial charge on any atom is -0.485 e. The van der Waals surface area contributed by atoms with E-state index in [4.69, 9.17) is 4.74 Å². The van der Waals surface area contributed by atoms with Crippen molar-refractivity contribution in [1.29, 1.82) is 0 Å². The molecule has 2 atom stereocenters. The molecule has 0 amide bonds. The summed E-state index contributed by atoms with van der Waals surface area (Å²) in [6.45, 7) is 3.21. The standard InChI is InChI=1S/C19H23NO/c1-14-11-16-8-4-5-10-18(16)19(14)21-17-9-6-7-15(12-17)13-20(2)3/h4-10,12,14,19H,11,13H2,1-3H3/t14-,19?/m1/s1. The Balaban J connectivity index is 1.81. The highest BCUT2D eigenvalue weighted by Gasteiger charge is 2.30. The van der Waals surface area contributed by atoms with E-state index >= 15 is 0 Å². The van der Waals surface area contributed by atoms with Gasteiger partial charge in [0.2, 0.25) is 0 Å². The van der Waals surface area contributed by atoms with E-state index in [-0.39, 0.29) is 6.10 Å². The summed E-state index contributed by atoms with van der Waals surface area (Å²) in [7, 11) is 4.17. The van der Waals surface area contributed by atoms with Crippen molar-refractivity contribution in [3.8, 4) is 5.75 Å². The summed E-state index contributed by atoms with van der Waals surface area (Å²) in [5.74, 6) is 1.50. The highest BCUT2D eigenvalue weighted by molar-refractivity contribution is 5.36. The second-order valence-electron chi connectivity index (χ2n) is 6.30. The van der Waals surface area contributed by atoms with E-state index in [1.54, 1.807) is 0 Å². The van der Waals surface area contributed by atoms with Gasteiger partial charge in [-0.15, -0.1) is 0 Å². The van der Waals surface area contributed by atoms with Crippen molar-refractivity contribution in [2.45, 2.75) is 26.0 Å². The van der Waals surface area contributed by atoms with Crippen molar-refractivity contribution in [2.75, 3.05) is 14.1 Å². The Kier molecular flexibility index (Phi) is 3.98. The van der Waals surface area contributed by atoms with Crippen LogP contribution in [0.4, 0.5) is 0 Å². The maximum atomic E-state index is 6.32. The normalized spacial score (nSPS) is 20.6. The minimum atomic E-state index is 0.177. The monoisotopic (exact) mass is 281 g/mol. The Bertz CT molecular complexity index is 620. The minimum absolute atomic E-state index is 0.177. The first-order valence-corrected chi connectivity index (χ1v) is 7.61. The summed E-state index contributed by atoms with van der Waals surface area (Å²) in [6.07, 6.45) is 1.29. The van der Waals surface area contributed by atoms with E-state index in [2.05, 4.69) is 74.4 Å². The third kappa shape index (κ3) is 3.11. The number of fused-ring (bicyclic) bond motifs is 1. The predicted molar refractivity (Wildman–Crippen MR) is 86.5 cm³/mol. The van der Waals surface area contributed by atoms with Gasteiger partial charge in [-0.05, 0) is 49.3 Å². The lowest BCUT2D eigenvalue weighted by molar-refractivity contribution is 0.159. The van der Waals surface area contributed by atoms with Gasteiger partial charge in [0, 0.05) is 12.5 Å². The zero-order valence-corrected chi connectivity index (χ0v) is 13.0. The number of hydrogen-bond acceptors (Lipinski definition) is 2. The number of ether oxygens (including phenoxy) is 1. The zero-order chi connectivity index (χ0) is 14.8. The zero-order valence-electron chi connectivity index (χ0n) is 13.0. The third-order valence-corrected chi connectivity index (χ3v) is 4.08. The lowest BCUT2D eigenvalue weighted by Crippen LogP contribution is -2.13. The largest absolute Gasteiger partial charge is 0.485 e. The van der Waals surface area contributed by atoms with Gasteiger partial charge in [-0.1, -0.05) is 43.3 Å². The van der Waals surface area contributed by atoms with E-state index in [0.29, 0.717) is 5.92 Å². The van der Waals surface area contributed by atoms with Gasteiger partial charge in [0.15, 0.2) is 0 Å². The topological polar surface area (TPSA) is 12.5 Å². The van der Waals surface area contributed by atoms with Crippen LogP contribution in [0, 0.1) is 5.92 Å². The van der Waals surface area contributed by atoms with Gasteiger partial charge in [0.05, 0.1) is 0 Å². The number of benzene rings is 2. The van der Waals surface area contributed by atoms with Crippen LogP contribution in [0.5, 0.6) is 5.75 Å². The maximum Gasteiger partial charge on any atom is 0.127 e. The van der Waals surface area contributed by atoms with Crippen LogP contribution in [0.1, 0.15) is 29.7 Å². The first-order chi connectivity index (χ1) is 10.1. The van der Waals surface area contributed by atoms with Gasteiger partial charge < -0.3 is 9.64 Å². The lowest BCUT2D eigenvalue weighted by Gasteiger charge is -2.20. The van der Waals surface area contributed by atoms with Crippen molar-refractivity contribution >= 4 is 0 Å². The Labute approximate surface area is 127 Å². The summed E-state index contributed by atoms with van der Waals surface area (Å²) in [5, 5.41) is 0. The summed E-state index contributed by atoms with van der Waals surface area (Å²) in [5.41, 5.74) is 4.07. The summed E-state index contributed by atoms with van der Waals surface area (Å²) < 4.78 is 6.32. The lowest BCUT2D eigenvalue weighted by atomic mass is 10.1. The van der Waals surface area contributed by atoms with Crippen molar-refractivity contribution in [3.63, 3.8) is 0 Å². The number of hydrogen-bond donors (Lipinski definition) is 0. The molecule has 3 rings (SSSR count). The van der Waals surface area contributed by atoms with Gasteiger partial charge in [-0.25, -0.2) is 0 Å². The molecule has 0 saturated heterocycles. The number of rotatable bonds is 4. The van der Waals surface area contributed by atoms with Crippen LogP contribution in [-0.2, 0) is 13.0 Å². The van der Waals surface area contributed by atoms with Crippen molar-refractivity contribution in [3.05, 3.63) is 65.2 Å². The molecular formula is C19H23NO. The fourth-order valence-corrected chi connectivity index (χ4v) is 3.17. The highest BCUT2D eigenvalue weighted by Crippen LogP contribution is 2.39. The third-order valence-electron chi connectivity index (χ3n) is 4.08. The van der Waals surface area contributed by atoms with Crippen molar-refractivity contribution in [2.24, 2.45) is 5.92 Å². The molecule has 1 unspecified atom stereocenters. The molecule has 2 heteroatoms. The van der Waals surface area contributed by atoms with E-state index in [0.717, 1.165) is 18.7 Å². The average molecular weight is 281 g/mol. The molecule has 0 bridgehead atoms. The first-order valence-electron chi connectivity index (χ1n) is 7.61. The van der Waals surface area contributed by atoms with Gasteiger partial charge >= 0.3 is 0 Å². The molecule has 110 valence electrons. The van der Waals surface area contributed by atoms with E-state index in [1.807, 2.05) is 0 Å². The second-order valence-corrected chi connectivity index (χ2v) is 6.30. The maximum absolute atomic E-state index is 6.32. The molecule has 0 heterocycles. The van der Waals surface area contributed by atoms with Gasteiger partial charge in [-0.3, -0.25) is 0 Å². The second kappa shape index (κ2) is 5.90. The van der Waals surface area contributed by atoms with Gasteiger partial charge in [0.1, 0.15) is 11.9 Å². The van der Waals surface area contributed by atoms with Crippen molar-refractivity contribution < 1.29 is 4.74 Å². The van der Waals surface area contributed by atoms with E-state index in [9.17, 15) is 0 Å². The Hall–Kier alpha value is -1.80. The number of nitrogens with zero attached hydrogens (tertiary/aromatic N) is 1. The molecule has 1 aliphatic rings. The van der Waals surface area contributed by atoms with Crippen molar-refractivity contribution in [1.82, 2.24) is 4.90 Å². The SMILES string of the molecule is C[C@@H]1Cc2ccccc2C1Oc1cccc(CN(C)C)c1. The first kappa shape index (κ1) is 14.2. The van der Waals surface area contributed by atoms with Crippen LogP contribution >= 0.6 is 0 Å². The highest BCUT2D eigenvalue weighted by atomic mass is 16.5. The predicted octanol–water partition coefficient (Wildman–Crippen LogP) is 4.06. The molecule has 1 aliphatic carbocycles. The Morgan fingerprint density at radius 3 is 2.71 bits per heavy atom. The van der Waals surface area contributed by atoms with Crippen LogP contribution in [0.25, 0.3) is 0 Å². The molecule has 0 saturated carbocycles. The van der Waals surface area contributed by atoms with Crippen LogP contribution in [0.2, 0.25) is 0 Å². The fourth-order valence-electron chi connectivity index (χ4n) is 3.17. The summed E-state index contributed by atoms with van der Waals surface area (Å²) in [6, 6.07) is 17.1. The van der Waals surface area contributed by atoms with Crippen LogP contribution < -0.4 is 4.74 Å². The molecule has 0 radical (unpaired) electrons. The quantitative estimate of drug-likeness (QED) is 0.838.